The molecule has 0 bridgehead atoms. The van der Waals surface area contributed by atoms with E-state index >= 15 is 0 Å². The van der Waals surface area contributed by atoms with Crippen molar-refractivity contribution in [2.24, 2.45) is 5.92 Å². The van der Waals surface area contributed by atoms with Gasteiger partial charge in [0.2, 0.25) is 0 Å². The summed E-state index contributed by atoms with van der Waals surface area (Å²) in [6, 6.07) is 0.141. The average Bonchev–Trinajstić information content (AvgIpc) is 2.39. The molecule has 2 fully saturated rings. The molecule has 1 aliphatic heterocycles. The molecule has 1 saturated heterocycles. The van der Waals surface area contributed by atoms with Crippen LogP contribution in [0, 0.1) is 5.92 Å². The van der Waals surface area contributed by atoms with Crippen LogP contribution in [0.5, 0.6) is 0 Å². The van der Waals surface area contributed by atoms with E-state index in [1.807, 2.05) is 7.05 Å². The maximum Gasteiger partial charge on any atom is 0.391 e. The number of halogens is 3. The quantitative estimate of drug-likeness (QED) is 0.834. The molecule has 1 aliphatic carbocycles. The number of piperidine rings is 1. The highest BCUT2D eigenvalue weighted by Gasteiger charge is 2.43. The van der Waals surface area contributed by atoms with Crippen LogP contribution in [0.1, 0.15) is 45.4 Å². The minimum atomic E-state index is -4.01. The predicted molar refractivity (Wildman–Crippen MR) is 70.1 cm³/mol. The molecule has 0 aromatic carbocycles. The lowest BCUT2D eigenvalue weighted by atomic mass is 9.82. The highest BCUT2D eigenvalue weighted by atomic mass is 19.4. The topological polar surface area (TPSA) is 15.3 Å². The van der Waals surface area contributed by atoms with Gasteiger partial charge in [-0.05, 0) is 46.1 Å². The molecule has 1 heterocycles. The summed E-state index contributed by atoms with van der Waals surface area (Å²) in [6.07, 6.45) is 0.320. The molecular formula is C14H25F3N2. The van der Waals surface area contributed by atoms with E-state index in [0.29, 0.717) is 19.3 Å². The average molecular weight is 278 g/mol. The van der Waals surface area contributed by atoms with Gasteiger partial charge in [-0.25, -0.2) is 0 Å². The molecule has 2 nitrogen and oxygen atoms in total. The molecular weight excluding hydrogens is 253 g/mol. The predicted octanol–water partition coefficient (Wildman–Crippen LogP) is 3.18. The third-order valence-corrected chi connectivity index (χ3v) is 5.13. The molecule has 2 unspecified atom stereocenters. The van der Waals surface area contributed by atoms with Crippen LogP contribution in [-0.4, -0.2) is 42.8 Å². The Hall–Kier alpha value is -0.290. The fourth-order valence-electron chi connectivity index (χ4n) is 3.43. The second-order valence-corrected chi connectivity index (χ2v) is 6.41. The first kappa shape index (κ1) is 15.1. The molecule has 2 atom stereocenters. The van der Waals surface area contributed by atoms with E-state index in [0.717, 1.165) is 32.4 Å². The summed E-state index contributed by atoms with van der Waals surface area (Å²) in [5, 5.41) is 3.33. The van der Waals surface area contributed by atoms with Crippen LogP contribution >= 0.6 is 0 Å². The van der Waals surface area contributed by atoms with Crippen molar-refractivity contribution < 1.29 is 13.2 Å². The highest BCUT2D eigenvalue weighted by molar-refractivity contribution is 4.92. The molecule has 19 heavy (non-hydrogen) atoms. The molecule has 0 aromatic rings. The maximum atomic E-state index is 12.8. The number of hydrogen-bond acceptors (Lipinski definition) is 2. The van der Waals surface area contributed by atoms with Gasteiger partial charge >= 0.3 is 6.18 Å². The molecule has 5 heteroatoms. The Morgan fingerprint density at radius 1 is 1.16 bits per heavy atom. The zero-order chi connectivity index (χ0) is 14.1. The zero-order valence-corrected chi connectivity index (χ0v) is 11.9. The SMILES string of the molecule is CNC1(C)CCN(C2CCCC(C(F)(F)F)C2)CC1. The molecule has 112 valence electrons. The summed E-state index contributed by atoms with van der Waals surface area (Å²) in [4.78, 5) is 2.29. The van der Waals surface area contributed by atoms with Gasteiger partial charge in [0.1, 0.15) is 0 Å². The van der Waals surface area contributed by atoms with E-state index in [-0.39, 0.29) is 11.6 Å². The fourth-order valence-corrected chi connectivity index (χ4v) is 3.43. The number of likely N-dealkylation sites (tertiary alicyclic amines) is 1. The number of alkyl halides is 3. The van der Waals surface area contributed by atoms with Crippen LogP contribution in [0.15, 0.2) is 0 Å². The van der Waals surface area contributed by atoms with Crippen molar-refractivity contribution in [2.75, 3.05) is 20.1 Å². The van der Waals surface area contributed by atoms with Gasteiger partial charge < -0.3 is 10.2 Å². The smallest absolute Gasteiger partial charge is 0.314 e. The summed E-state index contributed by atoms with van der Waals surface area (Å²) in [5.74, 6) is -1.08. The van der Waals surface area contributed by atoms with Gasteiger partial charge in [0.25, 0.3) is 0 Å². The van der Waals surface area contributed by atoms with Gasteiger partial charge in [-0.15, -0.1) is 0 Å². The Labute approximate surface area is 113 Å². The fraction of sp³-hybridized carbons (Fsp3) is 1.00. The Balaban J connectivity index is 1.89. The van der Waals surface area contributed by atoms with Crippen molar-refractivity contribution in [1.82, 2.24) is 10.2 Å². The lowest BCUT2D eigenvalue weighted by Gasteiger charge is -2.45. The number of nitrogens with one attached hydrogen (secondary N) is 1. The van der Waals surface area contributed by atoms with Crippen LogP contribution in [-0.2, 0) is 0 Å². The molecule has 0 spiro atoms. The van der Waals surface area contributed by atoms with Gasteiger partial charge in [0.05, 0.1) is 5.92 Å². The highest BCUT2D eigenvalue weighted by Crippen LogP contribution is 2.39. The van der Waals surface area contributed by atoms with E-state index < -0.39 is 12.1 Å². The molecule has 0 amide bonds. The lowest BCUT2D eigenvalue weighted by Crippen LogP contribution is -2.53. The van der Waals surface area contributed by atoms with Gasteiger partial charge in [0.15, 0.2) is 0 Å². The van der Waals surface area contributed by atoms with Crippen molar-refractivity contribution in [1.29, 1.82) is 0 Å². The Morgan fingerprint density at radius 2 is 1.79 bits per heavy atom. The van der Waals surface area contributed by atoms with Crippen molar-refractivity contribution in [2.45, 2.75) is 63.2 Å². The number of rotatable bonds is 2. The Bertz CT molecular complexity index is 296. The monoisotopic (exact) mass is 278 g/mol. The minimum Gasteiger partial charge on any atom is -0.314 e. The first-order valence-corrected chi connectivity index (χ1v) is 7.34. The Morgan fingerprint density at radius 3 is 2.32 bits per heavy atom. The van der Waals surface area contributed by atoms with Crippen molar-refractivity contribution in [3.8, 4) is 0 Å². The number of nitrogens with zero attached hydrogens (tertiary/aromatic N) is 1. The van der Waals surface area contributed by atoms with E-state index in [2.05, 4.69) is 17.1 Å². The van der Waals surface area contributed by atoms with Gasteiger partial charge in [-0.3, -0.25) is 0 Å². The molecule has 0 aromatic heterocycles. The summed E-state index contributed by atoms with van der Waals surface area (Å²) in [6.45, 7) is 4.04. The van der Waals surface area contributed by atoms with Gasteiger partial charge in [0, 0.05) is 24.7 Å². The molecule has 2 rings (SSSR count). The normalized spacial score (nSPS) is 33.3. The van der Waals surface area contributed by atoms with Crippen molar-refractivity contribution >= 4 is 0 Å². The van der Waals surface area contributed by atoms with E-state index in [9.17, 15) is 13.2 Å². The number of hydrogen-bond donors (Lipinski definition) is 1. The molecule has 2 aliphatic rings. The second-order valence-electron chi connectivity index (χ2n) is 6.41. The third kappa shape index (κ3) is 3.63. The van der Waals surface area contributed by atoms with Crippen LogP contribution in [0.4, 0.5) is 13.2 Å². The molecule has 1 N–H and O–H groups in total. The van der Waals surface area contributed by atoms with Gasteiger partial charge in [-0.2, -0.15) is 13.2 Å². The van der Waals surface area contributed by atoms with Crippen LogP contribution in [0.25, 0.3) is 0 Å². The summed E-state index contributed by atoms with van der Waals surface area (Å²) >= 11 is 0. The lowest BCUT2D eigenvalue weighted by molar-refractivity contribution is -0.187. The largest absolute Gasteiger partial charge is 0.391 e. The van der Waals surface area contributed by atoms with E-state index in [1.54, 1.807) is 0 Å². The standard InChI is InChI=1S/C14H25F3N2/c1-13(18-2)6-8-19(9-7-13)12-5-3-4-11(10-12)14(15,16)17/h11-12,18H,3-10H2,1-2H3. The Kier molecular flexibility index (Phi) is 4.45. The summed E-state index contributed by atoms with van der Waals surface area (Å²) < 4.78 is 38.5. The summed E-state index contributed by atoms with van der Waals surface area (Å²) in [7, 11) is 1.97. The zero-order valence-electron chi connectivity index (χ0n) is 11.9. The van der Waals surface area contributed by atoms with E-state index in [4.69, 9.17) is 0 Å². The maximum absolute atomic E-state index is 12.8. The second kappa shape index (κ2) is 5.60. The minimum absolute atomic E-state index is 0.141. The van der Waals surface area contributed by atoms with Crippen LogP contribution in [0.2, 0.25) is 0 Å². The van der Waals surface area contributed by atoms with Crippen LogP contribution < -0.4 is 5.32 Å². The van der Waals surface area contributed by atoms with Crippen molar-refractivity contribution in [3.05, 3.63) is 0 Å². The van der Waals surface area contributed by atoms with Crippen LogP contribution in [0.3, 0.4) is 0 Å². The van der Waals surface area contributed by atoms with E-state index in [1.165, 1.54) is 0 Å². The van der Waals surface area contributed by atoms with Gasteiger partial charge in [-0.1, -0.05) is 6.42 Å². The molecule has 0 radical (unpaired) electrons. The first-order chi connectivity index (χ1) is 8.84. The molecule has 1 saturated carbocycles. The van der Waals surface area contributed by atoms with Crippen molar-refractivity contribution in [3.63, 3.8) is 0 Å². The third-order valence-electron chi connectivity index (χ3n) is 5.13. The summed E-state index contributed by atoms with van der Waals surface area (Å²) in [5.41, 5.74) is 0.161. The first-order valence-electron chi connectivity index (χ1n) is 7.34.